The van der Waals surface area contributed by atoms with Gasteiger partial charge in [-0.1, -0.05) is 37.3 Å². The number of carbonyl (C=O) groups excluding carboxylic acids is 4. The maximum Gasteiger partial charge on any atom is 0.324 e. The summed E-state index contributed by atoms with van der Waals surface area (Å²) in [5.74, 6) is -4.84. The second-order valence-corrected chi connectivity index (χ2v) is 10.4. The third-order valence-electron chi connectivity index (χ3n) is 7.78. The molecule has 40 heavy (non-hydrogen) atoms. The van der Waals surface area contributed by atoms with E-state index < -0.39 is 30.2 Å². The van der Waals surface area contributed by atoms with Crippen molar-refractivity contribution in [3.05, 3.63) is 64.7 Å². The van der Waals surface area contributed by atoms with E-state index in [2.05, 4.69) is 10.2 Å². The summed E-state index contributed by atoms with van der Waals surface area (Å²) in [6.45, 7) is 4.12. The standard InChI is InChI=1S/C29H32F2N4O5.H2/c1-2-29(30,31)28(39)34-14-12-33(13-15-34)16-19-6-8-20(9-7-19)18-40-24-5-3-4-21-22(24)17-35(27(21)38)23-10-11-25(36)32-26(23)37;/h3-9,23H,2,10-18H2,1H3,(H,32,36,37);1H. The lowest BCUT2D eigenvalue weighted by atomic mass is 10.0. The Morgan fingerprint density at radius 3 is 2.42 bits per heavy atom. The molecular formula is C29H34F2N4O5. The van der Waals surface area contributed by atoms with E-state index in [0.29, 0.717) is 37.4 Å². The number of nitrogens with zero attached hydrogens (tertiary/aromatic N) is 3. The second-order valence-electron chi connectivity index (χ2n) is 10.4. The molecule has 3 aliphatic rings. The molecule has 0 spiro atoms. The first kappa shape index (κ1) is 27.7. The highest BCUT2D eigenvalue weighted by atomic mass is 19.3. The van der Waals surface area contributed by atoms with Crippen molar-refractivity contribution in [2.75, 3.05) is 26.2 Å². The van der Waals surface area contributed by atoms with Gasteiger partial charge in [0.1, 0.15) is 18.4 Å². The highest BCUT2D eigenvalue weighted by molar-refractivity contribution is 6.05. The van der Waals surface area contributed by atoms with Crippen LogP contribution in [0, 0.1) is 0 Å². The number of carbonyl (C=O) groups is 4. The number of alkyl halides is 2. The van der Waals surface area contributed by atoms with E-state index in [-0.39, 0.29) is 45.9 Å². The molecule has 2 saturated heterocycles. The summed E-state index contributed by atoms with van der Waals surface area (Å²) >= 11 is 0. The summed E-state index contributed by atoms with van der Waals surface area (Å²) < 4.78 is 33.5. The van der Waals surface area contributed by atoms with Crippen LogP contribution in [0.3, 0.4) is 0 Å². The monoisotopic (exact) mass is 556 g/mol. The zero-order valence-corrected chi connectivity index (χ0v) is 22.3. The molecular weight excluding hydrogens is 522 g/mol. The summed E-state index contributed by atoms with van der Waals surface area (Å²) in [5, 5.41) is 2.31. The van der Waals surface area contributed by atoms with E-state index in [1.54, 1.807) is 18.2 Å². The quantitative estimate of drug-likeness (QED) is 0.502. The summed E-state index contributed by atoms with van der Waals surface area (Å²) in [7, 11) is 0. The van der Waals surface area contributed by atoms with Gasteiger partial charge >= 0.3 is 5.92 Å². The van der Waals surface area contributed by atoms with Crippen molar-refractivity contribution < 1.29 is 34.1 Å². The zero-order chi connectivity index (χ0) is 28.4. The van der Waals surface area contributed by atoms with Gasteiger partial charge in [-0.15, -0.1) is 0 Å². The number of nitrogens with one attached hydrogen (secondary N) is 1. The minimum atomic E-state index is -3.30. The van der Waals surface area contributed by atoms with Crippen LogP contribution in [0.25, 0.3) is 0 Å². The fourth-order valence-electron chi connectivity index (χ4n) is 5.34. The first-order chi connectivity index (χ1) is 19.2. The highest BCUT2D eigenvalue weighted by Gasteiger charge is 2.41. The molecule has 1 N–H and O–H groups in total. The first-order valence-electron chi connectivity index (χ1n) is 13.5. The number of piperidine rings is 1. The number of ether oxygens (including phenoxy) is 1. The lowest BCUT2D eigenvalue weighted by molar-refractivity contribution is -0.159. The van der Waals surface area contributed by atoms with Gasteiger partial charge in [-0.2, -0.15) is 8.78 Å². The molecule has 0 radical (unpaired) electrons. The Hall–Kier alpha value is -3.86. The second kappa shape index (κ2) is 11.3. The molecule has 3 heterocycles. The largest absolute Gasteiger partial charge is 0.489 e. The van der Waals surface area contributed by atoms with Crippen LogP contribution in [-0.2, 0) is 34.1 Å². The minimum Gasteiger partial charge on any atom is -0.489 e. The fraction of sp³-hybridized carbons (Fsp3) is 0.448. The van der Waals surface area contributed by atoms with Gasteiger partial charge in [0.25, 0.3) is 11.8 Å². The van der Waals surface area contributed by atoms with Gasteiger partial charge in [-0.25, -0.2) is 0 Å². The normalized spacial score (nSPS) is 20.0. The molecule has 1 unspecified atom stereocenters. The lowest BCUT2D eigenvalue weighted by Gasteiger charge is -2.36. The molecule has 9 nitrogen and oxygen atoms in total. The third kappa shape index (κ3) is 5.70. The van der Waals surface area contributed by atoms with Crippen LogP contribution in [0.2, 0.25) is 0 Å². The molecule has 5 rings (SSSR count). The van der Waals surface area contributed by atoms with Crippen LogP contribution in [-0.4, -0.2) is 76.5 Å². The molecule has 214 valence electrons. The van der Waals surface area contributed by atoms with Gasteiger partial charge in [0.2, 0.25) is 11.8 Å². The fourth-order valence-corrected chi connectivity index (χ4v) is 5.34. The van der Waals surface area contributed by atoms with Crippen LogP contribution in [0.5, 0.6) is 5.75 Å². The maximum absolute atomic E-state index is 13.7. The number of benzene rings is 2. The van der Waals surface area contributed by atoms with Crippen LogP contribution in [0.15, 0.2) is 42.5 Å². The topological polar surface area (TPSA) is 99.3 Å². The van der Waals surface area contributed by atoms with Gasteiger partial charge in [0, 0.05) is 58.1 Å². The third-order valence-corrected chi connectivity index (χ3v) is 7.78. The molecule has 0 saturated carbocycles. The van der Waals surface area contributed by atoms with Crippen molar-refractivity contribution in [3.8, 4) is 5.75 Å². The Balaban J connectivity index is 0.00000387. The zero-order valence-electron chi connectivity index (χ0n) is 22.3. The minimum absolute atomic E-state index is 0. The van der Waals surface area contributed by atoms with E-state index >= 15 is 0 Å². The molecule has 2 aromatic carbocycles. The van der Waals surface area contributed by atoms with Crippen LogP contribution in [0.1, 0.15) is 54.7 Å². The molecule has 0 aromatic heterocycles. The van der Waals surface area contributed by atoms with Crippen molar-refractivity contribution in [1.29, 1.82) is 0 Å². The Kier molecular flexibility index (Phi) is 7.84. The number of halogens is 2. The van der Waals surface area contributed by atoms with Crippen LogP contribution in [0.4, 0.5) is 8.78 Å². The number of imide groups is 1. The molecule has 11 heteroatoms. The van der Waals surface area contributed by atoms with Gasteiger partial charge in [0.15, 0.2) is 0 Å². The van der Waals surface area contributed by atoms with Crippen molar-refractivity contribution in [3.63, 3.8) is 0 Å². The number of fused-ring (bicyclic) bond motifs is 1. The molecule has 4 amide bonds. The van der Waals surface area contributed by atoms with Crippen LogP contribution >= 0.6 is 0 Å². The predicted octanol–water partition coefficient (Wildman–Crippen LogP) is 2.96. The van der Waals surface area contributed by atoms with Gasteiger partial charge < -0.3 is 14.5 Å². The van der Waals surface area contributed by atoms with Crippen LogP contribution < -0.4 is 10.1 Å². The average Bonchev–Trinajstić information content (AvgIpc) is 3.29. The average molecular weight is 557 g/mol. The molecule has 0 bridgehead atoms. The smallest absolute Gasteiger partial charge is 0.324 e. The number of hydrogen-bond acceptors (Lipinski definition) is 6. The molecule has 2 aromatic rings. The van der Waals surface area contributed by atoms with Crippen molar-refractivity contribution in [2.24, 2.45) is 0 Å². The van der Waals surface area contributed by atoms with E-state index in [9.17, 15) is 28.0 Å². The SMILES string of the molecule is CCC(F)(F)C(=O)N1CCN(Cc2ccc(COc3cccc4c3CN(C3CCC(=O)NC3=O)C4=O)cc2)CC1.[HH]. The van der Waals surface area contributed by atoms with Gasteiger partial charge in [-0.05, 0) is 29.7 Å². The predicted molar refractivity (Wildman–Crippen MR) is 142 cm³/mol. The molecule has 0 aliphatic carbocycles. The number of hydrogen-bond donors (Lipinski definition) is 1. The van der Waals surface area contributed by atoms with Gasteiger partial charge in [0.05, 0.1) is 6.54 Å². The Bertz CT molecular complexity index is 1310. The molecule has 2 fully saturated rings. The lowest BCUT2D eigenvalue weighted by Crippen LogP contribution is -2.52. The van der Waals surface area contributed by atoms with Crippen molar-refractivity contribution in [1.82, 2.24) is 20.0 Å². The summed E-state index contributed by atoms with van der Waals surface area (Å²) in [6, 6.07) is 12.5. The van der Waals surface area contributed by atoms with Gasteiger partial charge in [-0.3, -0.25) is 29.4 Å². The van der Waals surface area contributed by atoms with E-state index in [4.69, 9.17) is 4.74 Å². The van der Waals surface area contributed by atoms with E-state index in [0.717, 1.165) is 16.7 Å². The Labute approximate surface area is 232 Å². The Morgan fingerprint density at radius 2 is 1.75 bits per heavy atom. The summed E-state index contributed by atoms with van der Waals surface area (Å²) in [5.41, 5.74) is 3.22. The maximum atomic E-state index is 13.7. The number of amides is 4. The van der Waals surface area contributed by atoms with Crippen molar-refractivity contribution >= 4 is 23.6 Å². The number of rotatable bonds is 8. The first-order valence-corrected chi connectivity index (χ1v) is 13.5. The summed E-state index contributed by atoms with van der Waals surface area (Å²) in [6.07, 6.45) is 0.00691. The number of piperazine rings is 1. The molecule has 3 aliphatic heterocycles. The summed E-state index contributed by atoms with van der Waals surface area (Å²) in [4.78, 5) is 53.7. The highest BCUT2D eigenvalue weighted by Crippen LogP contribution is 2.34. The Morgan fingerprint density at radius 1 is 1.05 bits per heavy atom. The van der Waals surface area contributed by atoms with E-state index in [1.165, 1.54) is 16.7 Å². The van der Waals surface area contributed by atoms with E-state index in [1.807, 2.05) is 24.3 Å². The molecule has 1 atom stereocenters. The van der Waals surface area contributed by atoms with Crippen molar-refractivity contribution in [2.45, 2.75) is 57.8 Å².